The molecule has 1 aliphatic heterocycles. The quantitative estimate of drug-likeness (QED) is 0.303. The van der Waals surface area contributed by atoms with Gasteiger partial charge in [-0.05, 0) is 59.4 Å². The minimum absolute atomic E-state index is 0.259. The predicted molar refractivity (Wildman–Crippen MR) is 148 cm³/mol. The van der Waals surface area contributed by atoms with Gasteiger partial charge in [0.1, 0.15) is 18.8 Å². The van der Waals surface area contributed by atoms with Gasteiger partial charge in [-0.3, -0.25) is 19.2 Å². The monoisotopic (exact) mass is 566 g/mol. The van der Waals surface area contributed by atoms with Crippen LogP contribution in [0.3, 0.4) is 0 Å². The predicted octanol–water partition coefficient (Wildman–Crippen LogP) is 4.52. The number of hydrogen-bond donors (Lipinski definition) is 0. The van der Waals surface area contributed by atoms with Crippen molar-refractivity contribution in [3.63, 3.8) is 0 Å². The number of carbonyl (C=O) groups excluding carboxylic acids is 4. The Bertz CT molecular complexity index is 1260. The van der Waals surface area contributed by atoms with Gasteiger partial charge in [0.2, 0.25) is 0 Å². The Morgan fingerprint density at radius 1 is 0.756 bits per heavy atom. The Kier molecular flexibility index (Phi) is 9.81. The van der Waals surface area contributed by atoms with E-state index in [0.717, 1.165) is 24.8 Å². The molecule has 4 rings (SSSR count). The van der Waals surface area contributed by atoms with Crippen molar-refractivity contribution in [1.29, 1.82) is 0 Å². The molecule has 2 aromatic carbocycles. The zero-order valence-corrected chi connectivity index (χ0v) is 24.2. The molecule has 0 bridgehead atoms. The van der Waals surface area contributed by atoms with Gasteiger partial charge in [0, 0.05) is 27.7 Å². The van der Waals surface area contributed by atoms with Crippen LogP contribution in [-0.2, 0) is 55.7 Å². The number of carbonyl (C=O) groups is 4. The van der Waals surface area contributed by atoms with Gasteiger partial charge in [0.15, 0.2) is 18.3 Å². The van der Waals surface area contributed by atoms with Crippen LogP contribution < -0.4 is 0 Å². The second-order valence-corrected chi connectivity index (χ2v) is 10.7. The molecule has 5 atom stereocenters. The van der Waals surface area contributed by atoms with Crippen molar-refractivity contribution in [1.82, 2.24) is 0 Å². The zero-order valence-electron chi connectivity index (χ0n) is 24.2. The van der Waals surface area contributed by atoms with Crippen molar-refractivity contribution < 1.29 is 42.9 Å². The number of rotatable bonds is 10. The summed E-state index contributed by atoms with van der Waals surface area (Å²) in [6, 6.07) is 14.6. The summed E-state index contributed by atoms with van der Waals surface area (Å²) in [5.41, 5.74) is 5.53. The maximum absolute atomic E-state index is 12.3. The second kappa shape index (κ2) is 13.3. The zero-order chi connectivity index (χ0) is 29.7. The van der Waals surface area contributed by atoms with E-state index in [1.807, 2.05) is 12.1 Å². The van der Waals surface area contributed by atoms with E-state index in [-0.39, 0.29) is 6.61 Å². The summed E-state index contributed by atoms with van der Waals surface area (Å²) in [6.45, 7) is 6.78. The minimum Gasteiger partial charge on any atom is -0.463 e. The molecule has 0 aromatic heterocycles. The highest BCUT2D eigenvalue weighted by molar-refractivity contribution is 5.69. The van der Waals surface area contributed by atoms with Crippen molar-refractivity contribution in [2.75, 3.05) is 6.61 Å². The summed E-state index contributed by atoms with van der Waals surface area (Å²) in [4.78, 5) is 48.2. The molecular formula is C32H38O9. The molecule has 2 fully saturated rings. The fraction of sp³-hybridized carbons (Fsp3) is 0.500. The van der Waals surface area contributed by atoms with Gasteiger partial charge in [0.25, 0.3) is 0 Å². The van der Waals surface area contributed by atoms with Crippen LogP contribution in [0.2, 0.25) is 0 Å². The van der Waals surface area contributed by atoms with Crippen molar-refractivity contribution in [2.24, 2.45) is 0 Å². The fourth-order valence-electron chi connectivity index (χ4n) is 5.36. The van der Waals surface area contributed by atoms with Crippen LogP contribution in [0.1, 0.15) is 87.3 Å². The third-order valence-electron chi connectivity index (χ3n) is 7.33. The normalized spacial score (nSPS) is 23.8. The molecular weight excluding hydrogens is 528 g/mol. The maximum atomic E-state index is 12.3. The van der Waals surface area contributed by atoms with E-state index in [0.29, 0.717) is 17.9 Å². The average Bonchev–Trinajstić information content (AvgIpc) is 3.75. The average molecular weight is 567 g/mol. The lowest BCUT2D eigenvalue weighted by Crippen LogP contribution is -2.59. The highest BCUT2D eigenvalue weighted by atomic mass is 16.7. The maximum Gasteiger partial charge on any atom is 0.303 e. The van der Waals surface area contributed by atoms with Gasteiger partial charge in [-0.25, -0.2) is 0 Å². The van der Waals surface area contributed by atoms with Crippen LogP contribution >= 0.6 is 0 Å². The molecule has 1 saturated carbocycles. The van der Waals surface area contributed by atoms with Crippen molar-refractivity contribution in [2.45, 2.75) is 96.7 Å². The van der Waals surface area contributed by atoms with Gasteiger partial charge in [-0.15, -0.1) is 0 Å². The SMILES string of the molecule is CCc1ccc(Cc2cc([C@@H]3OC(COC(C)=O)[C@@H](OC(C)=O)[C@H](OC(C)=O)[C@H]3OC(C)=O)ccc2C2CC2)cc1. The first-order valence-electron chi connectivity index (χ1n) is 14.1. The molecule has 0 radical (unpaired) electrons. The summed E-state index contributed by atoms with van der Waals surface area (Å²) in [6.07, 6.45) is -1.48. The summed E-state index contributed by atoms with van der Waals surface area (Å²) in [7, 11) is 0. The Balaban J connectivity index is 1.76. The molecule has 41 heavy (non-hydrogen) atoms. The molecule has 1 unspecified atom stereocenters. The van der Waals surface area contributed by atoms with Gasteiger partial charge in [0.05, 0.1) is 0 Å². The number of aryl methyl sites for hydroxylation is 1. The molecule has 9 heteroatoms. The molecule has 1 aliphatic carbocycles. The number of ether oxygens (including phenoxy) is 5. The van der Waals surface area contributed by atoms with Gasteiger partial charge < -0.3 is 23.7 Å². The Hall–Kier alpha value is -3.72. The second-order valence-electron chi connectivity index (χ2n) is 10.7. The van der Waals surface area contributed by atoms with E-state index in [9.17, 15) is 19.2 Å². The molecule has 220 valence electrons. The summed E-state index contributed by atoms with van der Waals surface area (Å²) >= 11 is 0. The molecule has 2 aliphatic rings. The van der Waals surface area contributed by atoms with Crippen LogP contribution in [0.5, 0.6) is 0 Å². The van der Waals surface area contributed by atoms with E-state index < -0.39 is 54.4 Å². The highest BCUT2D eigenvalue weighted by Crippen LogP contribution is 2.44. The summed E-state index contributed by atoms with van der Waals surface area (Å²) in [5.74, 6) is -2.00. The van der Waals surface area contributed by atoms with E-state index >= 15 is 0 Å². The molecule has 0 spiro atoms. The van der Waals surface area contributed by atoms with Crippen LogP contribution in [0.25, 0.3) is 0 Å². The highest BCUT2D eigenvalue weighted by Gasteiger charge is 2.52. The molecule has 1 saturated heterocycles. The fourth-order valence-corrected chi connectivity index (χ4v) is 5.36. The molecule has 0 N–H and O–H groups in total. The number of esters is 4. The third-order valence-corrected chi connectivity index (χ3v) is 7.33. The lowest BCUT2D eigenvalue weighted by atomic mass is 9.87. The molecule has 9 nitrogen and oxygen atoms in total. The summed E-state index contributed by atoms with van der Waals surface area (Å²) in [5, 5.41) is 0. The van der Waals surface area contributed by atoms with Crippen molar-refractivity contribution in [3.05, 3.63) is 70.3 Å². The van der Waals surface area contributed by atoms with Crippen LogP contribution in [0.4, 0.5) is 0 Å². The van der Waals surface area contributed by atoms with Gasteiger partial charge >= 0.3 is 23.9 Å². The van der Waals surface area contributed by atoms with Crippen LogP contribution in [0, 0.1) is 0 Å². The first-order valence-corrected chi connectivity index (χ1v) is 14.1. The Morgan fingerprint density at radius 3 is 1.90 bits per heavy atom. The smallest absolute Gasteiger partial charge is 0.303 e. The van der Waals surface area contributed by atoms with Crippen LogP contribution in [0.15, 0.2) is 42.5 Å². The number of benzene rings is 2. The number of hydrogen-bond acceptors (Lipinski definition) is 9. The van der Waals surface area contributed by atoms with Gasteiger partial charge in [-0.1, -0.05) is 49.4 Å². The lowest BCUT2D eigenvalue weighted by Gasteiger charge is -2.44. The molecule has 2 aromatic rings. The van der Waals surface area contributed by atoms with Crippen molar-refractivity contribution >= 4 is 23.9 Å². The van der Waals surface area contributed by atoms with E-state index in [1.54, 1.807) is 0 Å². The van der Waals surface area contributed by atoms with Crippen molar-refractivity contribution in [3.8, 4) is 0 Å². The largest absolute Gasteiger partial charge is 0.463 e. The summed E-state index contributed by atoms with van der Waals surface area (Å²) < 4.78 is 28.4. The third kappa shape index (κ3) is 7.94. The minimum atomic E-state index is -1.20. The lowest BCUT2D eigenvalue weighted by molar-refractivity contribution is -0.254. The first-order chi connectivity index (χ1) is 19.5. The van der Waals surface area contributed by atoms with Gasteiger partial charge in [-0.2, -0.15) is 0 Å². The van der Waals surface area contributed by atoms with E-state index in [1.165, 1.54) is 44.4 Å². The Labute approximate surface area is 240 Å². The van der Waals surface area contributed by atoms with E-state index in [2.05, 4.69) is 37.3 Å². The molecule has 0 amide bonds. The van der Waals surface area contributed by atoms with E-state index in [4.69, 9.17) is 23.7 Å². The first kappa shape index (κ1) is 30.2. The molecule has 1 heterocycles. The van der Waals surface area contributed by atoms with Crippen LogP contribution in [-0.4, -0.2) is 54.9 Å². The standard InChI is InChI=1S/C32H38O9/c1-6-22-7-9-23(10-8-22)15-26-16-25(13-14-27(26)24-11-12-24)29-31(39-20(4)35)32(40-21(5)36)30(38-19(3)34)28(41-29)17-37-18(2)33/h7-10,13-14,16,24,28-32H,6,11-12,15,17H2,1-5H3/t28?,29-,30+,31-,32-/m0/s1. The topological polar surface area (TPSA) is 114 Å². The Morgan fingerprint density at radius 2 is 1.34 bits per heavy atom.